The summed E-state index contributed by atoms with van der Waals surface area (Å²) in [7, 11) is 0. The minimum Gasteiger partial charge on any atom is -0.233 e. The Balaban J connectivity index is 2.42. The molecule has 0 atom stereocenters. The molecular weight excluding hydrogens is 167 g/mol. The van der Waals surface area contributed by atoms with Gasteiger partial charge in [-0.3, -0.25) is 0 Å². The molecule has 2 nitrogen and oxygen atoms in total. The number of hydrogen-bond acceptors (Lipinski definition) is 2. The normalized spacial score (nSPS) is 9.92. The van der Waals surface area contributed by atoms with E-state index in [9.17, 15) is 4.39 Å². The van der Waals surface area contributed by atoms with Crippen molar-refractivity contribution in [2.45, 2.75) is 0 Å². The number of benzene rings is 1. The Kier molecular flexibility index (Phi) is 2.00. The van der Waals surface area contributed by atoms with Crippen LogP contribution in [0.2, 0.25) is 0 Å². The summed E-state index contributed by atoms with van der Waals surface area (Å²) in [6, 6.07) is 10.1. The molecule has 1 radical (unpaired) electrons. The Morgan fingerprint density at radius 2 is 2.00 bits per heavy atom. The van der Waals surface area contributed by atoms with Crippen LogP contribution in [0.3, 0.4) is 0 Å². The van der Waals surface area contributed by atoms with E-state index in [0.717, 1.165) is 18.0 Å². The average Bonchev–Trinajstić information content (AvgIpc) is 2.20. The van der Waals surface area contributed by atoms with E-state index in [4.69, 9.17) is 0 Å². The van der Waals surface area contributed by atoms with Gasteiger partial charge in [0.05, 0.1) is 12.4 Å². The summed E-state index contributed by atoms with van der Waals surface area (Å²) in [4.78, 5) is 7.68. The molecule has 0 amide bonds. The first-order chi connectivity index (χ1) is 6.36. The summed E-state index contributed by atoms with van der Waals surface area (Å²) in [6.45, 7) is 0. The van der Waals surface area contributed by atoms with Gasteiger partial charge < -0.3 is 0 Å². The van der Waals surface area contributed by atoms with Gasteiger partial charge in [-0.1, -0.05) is 18.2 Å². The fraction of sp³-hybridized carbons (Fsp3) is 0. The van der Waals surface area contributed by atoms with Crippen molar-refractivity contribution in [1.82, 2.24) is 9.97 Å². The highest BCUT2D eigenvalue weighted by molar-refractivity contribution is 5.53. The zero-order valence-electron chi connectivity index (χ0n) is 6.74. The molecule has 0 spiro atoms. The van der Waals surface area contributed by atoms with Crippen LogP contribution in [0.5, 0.6) is 0 Å². The molecule has 0 N–H and O–H groups in total. The summed E-state index contributed by atoms with van der Waals surface area (Å²) >= 11 is 0. The predicted octanol–water partition coefficient (Wildman–Crippen LogP) is 2.08. The van der Waals surface area contributed by atoms with Crippen molar-refractivity contribution in [2.24, 2.45) is 0 Å². The van der Waals surface area contributed by atoms with E-state index in [1.807, 2.05) is 12.1 Å². The van der Waals surface area contributed by atoms with Gasteiger partial charge in [0, 0.05) is 5.56 Å². The lowest BCUT2D eigenvalue weighted by molar-refractivity contribution is 0.614. The molecule has 1 aromatic carbocycles. The maximum absolute atomic E-state index is 12.5. The number of hydrogen-bond donors (Lipinski definition) is 0. The molecule has 0 unspecified atom stereocenters. The van der Waals surface area contributed by atoms with Crippen LogP contribution in [0.15, 0.2) is 36.7 Å². The van der Waals surface area contributed by atoms with Gasteiger partial charge in [0.15, 0.2) is 11.6 Å². The van der Waals surface area contributed by atoms with Crippen LogP contribution in [-0.4, -0.2) is 9.97 Å². The van der Waals surface area contributed by atoms with E-state index < -0.39 is 5.82 Å². The topological polar surface area (TPSA) is 25.8 Å². The fourth-order valence-corrected chi connectivity index (χ4v) is 0.994. The molecule has 13 heavy (non-hydrogen) atoms. The van der Waals surface area contributed by atoms with E-state index >= 15 is 0 Å². The summed E-state index contributed by atoms with van der Waals surface area (Å²) < 4.78 is 12.5. The van der Waals surface area contributed by atoms with E-state index in [1.54, 1.807) is 12.1 Å². The zero-order valence-corrected chi connectivity index (χ0v) is 6.74. The Morgan fingerprint density at radius 1 is 1.23 bits per heavy atom. The van der Waals surface area contributed by atoms with Gasteiger partial charge in [-0.05, 0) is 12.1 Å². The molecular formula is C10H6FN2. The Bertz CT molecular complexity index is 383. The number of nitrogens with zero attached hydrogens (tertiary/aromatic N) is 2. The van der Waals surface area contributed by atoms with Crippen molar-refractivity contribution >= 4 is 0 Å². The highest BCUT2D eigenvalue weighted by Crippen LogP contribution is 2.12. The largest absolute Gasteiger partial charge is 0.233 e. The monoisotopic (exact) mass is 173 g/mol. The second kappa shape index (κ2) is 3.31. The van der Waals surface area contributed by atoms with Crippen LogP contribution in [0.4, 0.5) is 4.39 Å². The Labute approximate surface area is 75.1 Å². The standard InChI is InChI=1S/C10H6FN2/c11-9-6-12-10(13-7-9)8-4-2-1-3-5-8/h1-2,4-7H. The molecule has 0 saturated heterocycles. The van der Waals surface area contributed by atoms with Gasteiger partial charge in [-0.25, -0.2) is 14.4 Å². The van der Waals surface area contributed by atoms with Crippen LogP contribution >= 0.6 is 0 Å². The SMILES string of the molecule is Fc1cnc(-c2c[c]ccc2)nc1. The molecule has 2 rings (SSSR count). The smallest absolute Gasteiger partial charge is 0.159 e. The number of aromatic nitrogens is 2. The molecule has 0 saturated carbocycles. The molecule has 0 fully saturated rings. The first-order valence-electron chi connectivity index (χ1n) is 3.80. The van der Waals surface area contributed by atoms with Gasteiger partial charge in [0.2, 0.25) is 0 Å². The molecule has 2 aromatic rings. The first kappa shape index (κ1) is 7.86. The van der Waals surface area contributed by atoms with Gasteiger partial charge >= 0.3 is 0 Å². The van der Waals surface area contributed by atoms with Gasteiger partial charge in [0.1, 0.15) is 0 Å². The maximum Gasteiger partial charge on any atom is 0.159 e. The predicted molar refractivity (Wildman–Crippen MR) is 46.3 cm³/mol. The van der Waals surface area contributed by atoms with E-state index in [1.165, 1.54) is 0 Å². The summed E-state index contributed by atoms with van der Waals surface area (Å²) in [6.07, 6.45) is 2.30. The summed E-state index contributed by atoms with van der Waals surface area (Å²) in [5.41, 5.74) is 0.836. The van der Waals surface area contributed by atoms with Gasteiger partial charge in [-0.15, -0.1) is 0 Å². The van der Waals surface area contributed by atoms with E-state index in [0.29, 0.717) is 5.82 Å². The highest BCUT2D eigenvalue weighted by Gasteiger charge is 1.98. The Hall–Kier alpha value is -1.77. The highest BCUT2D eigenvalue weighted by atomic mass is 19.1. The van der Waals surface area contributed by atoms with Crippen LogP contribution in [-0.2, 0) is 0 Å². The van der Waals surface area contributed by atoms with Crippen molar-refractivity contribution in [3.63, 3.8) is 0 Å². The molecule has 0 bridgehead atoms. The van der Waals surface area contributed by atoms with E-state index in [-0.39, 0.29) is 0 Å². The van der Waals surface area contributed by atoms with Crippen molar-refractivity contribution < 1.29 is 4.39 Å². The molecule has 0 aliphatic heterocycles. The van der Waals surface area contributed by atoms with Crippen LogP contribution in [0, 0.1) is 11.9 Å². The molecule has 3 heteroatoms. The number of rotatable bonds is 1. The van der Waals surface area contributed by atoms with Crippen LogP contribution in [0.25, 0.3) is 11.4 Å². The maximum atomic E-state index is 12.5. The van der Waals surface area contributed by atoms with Gasteiger partial charge in [-0.2, -0.15) is 0 Å². The van der Waals surface area contributed by atoms with Crippen molar-refractivity contribution in [3.05, 3.63) is 48.5 Å². The fourth-order valence-electron chi connectivity index (χ4n) is 0.994. The lowest BCUT2D eigenvalue weighted by Gasteiger charge is -1.97. The van der Waals surface area contributed by atoms with E-state index in [2.05, 4.69) is 16.0 Å². The first-order valence-corrected chi connectivity index (χ1v) is 3.80. The molecule has 0 aliphatic carbocycles. The van der Waals surface area contributed by atoms with Gasteiger partial charge in [0.25, 0.3) is 0 Å². The third kappa shape index (κ3) is 1.69. The third-order valence-electron chi connectivity index (χ3n) is 1.59. The second-order valence-corrected chi connectivity index (χ2v) is 2.52. The summed E-state index contributed by atoms with van der Waals surface area (Å²) in [5, 5.41) is 0. The Morgan fingerprint density at radius 3 is 2.62 bits per heavy atom. The molecule has 63 valence electrons. The zero-order chi connectivity index (χ0) is 9.10. The lowest BCUT2D eigenvalue weighted by Crippen LogP contribution is -1.88. The lowest BCUT2D eigenvalue weighted by atomic mass is 10.2. The quantitative estimate of drug-likeness (QED) is 0.659. The molecule has 1 heterocycles. The molecule has 1 aromatic heterocycles. The minimum atomic E-state index is -0.427. The van der Waals surface area contributed by atoms with Crippen molar-refractivity contribution in [2.75, 3.05) is 0 Å². The minimum absolute atomic E-state index is 0.427. The van der Waals surface area contributed by atoms with Crippen molar-refractivity contribution in [3.8, 4) is 11.4 Å². The third-order valence-corrected chi connectivity index (χ3v) is 1.59. The average molecular weight is 173 g/mol. The van der Waals surface area contributed by atoms with Crippen molar-refractivity contribution in [1.29, 1.82) is 0 Å². The van der Waals surface area contributed by atoms with Crippen LogP contribution in [0.1, 0.15) is 0 Å². The second-order valence-electron chi connectivity index (χ2n) is 2.52. The number of halogens is 1. The summed E-state index contributed by atoms with van der Waals surface area (Å²) in [5.74, 6) is 0.0851. The molecule has 0 aliphatic rings. The van der Waals surface area contributed by atoms with Crippen LogP contribution < -0.4 is 0 Å².